The van der Waals surface area contributed by atoms with E-state index in [0.717, 1.165) is 31.8 Å². The summed E-state index contributed by atoms with van der Waals surface area (Å²) in [5.74, 6) is 0. The zero-order valence-electron chi connectivity index (χ0n) is 10.4. The van der Waals surface area contributed by atoms with E-state index >= 15 is 0 Å². The first-order valence-corrected chi connectivity index (χ1v) is 6.20. The number of rotatable bonds is 5. The van der Waals surface area contributed by atoms with E-state index in [-0.39, 0.29) is 5.60 Å². The van der Waals surface area contributed by atoms with Gasteiger partial charge in [0.1, 0.15) is 0 Å². The van der Waals surface area contributed by atoms with Crippen molar-refractivity contribution in [3.05, 3.63) is 29.6 Å². The summed E-state index contributed by atoms with van der Waals surface area (Å²) >= 11 is 0. The van der Waals surface area contributed by atoms with Gasteiger partial charge in [0, 0.05) is 32.4 Å². The van der Waals surface area contributed by atoms with Crippen LogP contribution in [0.25, 0.3) is 0 Å². The second-order valence-electron chi connectivity index (χ2n) is 4.87. The largest absolute Gasteiger partial charge is 0.374 e. The highest BCUT2D eigenvalue weighted by Crippen LogP contribution is 2.23. The molecule has 0 spiro atoms. The van der Waals surface area contributed by atoms with Crippen LogP contribution < -0.4 is 11.1 Å². The molecule has 0 radical (unpaired) electrons. The lowest BCUT2D eigenvalue weighted by atomic mass is 10.0. The van der Waals surface area contributed by atoms with Crippen LogP contribution in [0.1, 0.15) is 31.0 Å². The fourth-order valence-corrected chi connectivity index (χ4v) is 2.20. The third-order valence-corrected chi connectivity index (χ3v) is 3.22. The number of hydrogen-bond donors (Lipinski definition) is 2. The van der Waals surface area contributed by atoms with E-state index in [1.807, 2.05) is 18.3 Å². The molecule has 1 saturated heterocycles. The van der Waals surface area contributed by atoms with Crippen LogP contribution in [0.4, 0.5) is 0 Å². The van der Waals surface area contributed by atoms with Gasteiger partial charge < -0.3 is 15.8 Å². The molecule has 0 aliphatic carbocycles. The zero-order chi connectivity index (χ0) is 12.1. The molecule has 2 rings (SSSR count). The van der Waals surface area contributed by atoms with Crippen molar-refractivity contribution in [3.63, 3.8) is 0 Å². The van der Waals surface area contributed by atoms with Crippen molar-refractivity contribution in [2.45, 2.75) is 38.5 Å². The minimum absolute atomic E-state index is 0.0176. The molecule has 94 valence electrons. The van der Waals surface area contributed by atoms with Crippen LogP contribution in [-0.2, 0) is 17.8 Å². The molecule has 1 aromatic rings. The highest BCUT2D eigenvalue weighted by Gasteiger charge is 2.28. The van der Waals surface area contributed by atoms with Crippen molar-refractivity contribution < 1.29 is 4.74 Å². The minimum Gasteiger partial charge on any atom is -0.374 e. The molecular formula is C13H21N3O. The summed E-state index contributed by atoms with van der Waals surface area (Å²) in [4.78, 5) is 4.18. The van der Waals surface area contributed by atoms with Crippen LogP contribution in [-0.4, -0.2) is 23.7 Å². The molecular weight excluding hydrogens is 214 g/mol. The van der Waals surface area contributed by atoms with Crippen LogP contribution in [0.3, 0.4) is 0 Å². The average molecular weight is 235 g/mol. The Labute approximate surface area is 103 Å². The number of nitrogens with one attached hydrogen (secondary N) is 1. The molecule has 17 heavy (non-hydrogen) atoms. The van der Waals surface area contributed by atoms with E-state index in [4.69, 9.17) is 10.5 Å². The first-order chi connectivity index (χ1) is 8.22. The molecule has 1 atom stereocenters. The Balaban J connectivity index is 1.81. The molecule has 1 fully saturated rings. The van der Waals surface area contributed by atoms with Gasteiger partial charge in [0.25, 0.3) is 0 Å². The van der Waals surface area contributed by atoms with E-state index in [2.05, 4.69) is 17.2 Å². The lowest BCUT2D eigenvalue weighted by Gasteiger charge is -2.23. The van der Waals surface area contributed by atoms with Gasteiger partial charge in [0.05, 0.1) is 11.3 Å². The number of ether oxygens (including phenoxy) is 1. The Morgan fingerprint density at radius 3 is 3.18 bits per heavy atom. The number of pyridine rings is 1. The van der Waals surface area contributed by atoms with Gasteiger partial charge in [-0.15, -0.1) is 0 Å². The van der Waals surface area contributed by atoms with Gasteiger partial charge in [-0.1, -0.05) is 0 Å². The van der Waals surface area contributed by atoms with Crippen molar-refractivity contribution in [2.75, 3.05) is 13.2 Å². The molecule has 0 aromatic carbocycles. The van der Waals surface area contributed by atoms with Crippen molar-refractivity contribution in [2.24, 2.45) is 5.73 Å². The van der Waals surface area contributed by atoms with Gasteiger partial charge in [-0.2, -0.15) is 0 Å². The van der Waals surface area contributed by atoms with Crippen LogP contribution >= 0.6 is 0 Å². The number of hydrogen-bond acceptors (Lipinski definition) is 4. The molecule has 0 amide bonds. The highest BCUT2D eigenvalue weighted by atomic mass is 16.5. The van der Waals surface area contributed by atoms with E-state index in [1.54, 1.807) is 0 Å². The van der Waals surface area contributed by atoms with Gasteiger partial charge in [-0.3, -0.25) is 4.98 Å². The Hall–Kier alpha value is -0.970. The van der Waals surface area contributed by atoms with Crippen molar-refractivity contribution in [1.29, 1.82) is 0 Å². The summed E-state index contributed by atoms with van der Waals surface area (Å²) in [6.45, 7) is 5.30. The maximum absolute atomic E-state index is 5.73. The monoisotopic (exact) mass is 235 g/mol. The predicted octanol–water partition coefficient (Wildman–Crippen LogP) is 1.20. The maximum atomic E-state index is 5.73. The van der Waals surface area contributed by atoms with Crippen LogP contribution in [0, 0.1) is 0 Å². The van der Waals surface area contributed by atoms with Crippen LogP contribution in [0.15, 0.2) is 18.3 Å². The second-order valence-corrected chi connectivity index (χ2v) is 4.87. The minimum atomic E-state index is 0.0176. The molecule has 4 nitrogen and oxygen atoms in total. The Morgan fingerprint density at radius 2 is 2.47 bits per heavy atom. The lowest BCUT2D eigenvalue weighted by molar-refractivity contribution is 0.0207. The summed E-state index contributed by atoms with van der Waals surface area (Å²) in [5.41, 5.74) is 7.74. The molecule has 2 heterocycles. The smallest absolute Gasteiger partial charge is 0.0779 e. The quantitative estimate of drug-likeness (QED) is 0.805. The van der Waals surface area contributed by atoms with Gasteiger partial charge in [0.15, 0.2) is 0 Å². The normalized spacial score (nSPS) is 24.1. The van der Waals surface area contributed by atoms with Crippen molar-refractivity contribution in [3.8, 4) is 0 Å². The third kappa shape index (κ3) is 3.49. The first kappa shape index (κ1) is 12.5. The van der Waals surface area contributed by atoms with E-state index in [9.17, 15) is 0 Å². The standard InChI is InChI=1S/C13H21N3O/c1-13(4-2-6-17-13)10-15-9-11-3-5-16-12(7-11)8-14/h3,5,7,15H,2,4,6,8-10,14H2,1H3. The molecule has 0 bridgehead atoms. The van der Waals surface area contributed by atoms with Gasteiger partial charge in [-0.25, -0.2) is 0 Å². The molecule has 0 saturated carbocycles. The molecule has 4 heteroatoms. The number of nitrogens with two attached hydrogens (primary N) is 1. The maximum Gasteiger partial charge on any atom is 0.0779 e. The van der Waals surface area contributed by atoms with Gasteiger partial charge >= 0.3 is 0 Å². The fourth-order valence-electron chi connectivity index (χ4n) is 2.20. The lowest BCUT2D eigenvalue weighted by Crippen LogP contribution is -2.36. The second kappa shape index (κ2) is 5.58. The van der Waals surface area contributed by atoms with E-state index < -0.39 is 0 Å². The van der Waals surface area contributed by atoms with Crippen molar-refractivity contribution in [1.82, 2.24) is 10.3 Å². The molecule has 3 N–H and O–H groups in total. The summed E-state index contributed by atoms with van der Waals surface area (Å²) in [6.07, 6.45) is 4.13. The summed E-state index contributed by atoms with van der Waals surface area (Å²) < 4.78 is 5.73. The van der Waals surface area contributed by atoms with E-state index in [0.29, 0.717) is 6.54 Å². The van der Waals surface area contributed by atoms with Crippen molar-refractivity contribution >= 4 is 0 Å². The molecule has 1 unspecified atom stereocenters. The van der Waals surface area contributed by atoms with Gasteiger partial charge in [-0.05, 0) is 37.5 Å². The Bertz CT molecular complexity index is 361. The number of nitrogens with zero attached hydrogens (tertiary/aromatic N) is 1. The zero-order valence-corrected chi connectivity index (χ0v) is 10.4. The number of aromatic nitrogens is 1. The third-order valence-electron chi connectivity index (χ3n) is 3.22. The highest BCUT2D eigenvalue weighted by molar-refractivity contribution is 5.16. The Morgan fingerprint density at radius 1 is 1.59 bits per heavy atom. The Kier molecular flexibility index (Phi) is 4.10. The van der Waals surface area contributed by atoms with E-state index in [1.165, 1.54) is 12.0 Å². The van der Waals surface area contributed by atoms with Gasteiger partial charge in [0.2, 0.25) is 0 Å². The molecule has 1 aromatic heterocycles. The summed E-state index contributed by atoms with van der Waals surface area (Å²) in [5, 5.41) is 3.44. The topological polar surface area (TPSA) is 60.2 Å². The average Bonchev–Trinajstić information content (AvgIpc) is 2.77. The first-order valence-electron chi connectivity index (χ1n) is 6.20. The van der Waals surface area contributed by atoms with Crippen LogP contribution in [0.5, 0.6) is 0 Å². The SMILES string of the molecule is CC1(CNCc2ccnc(CN)c2)CCCO1. The predicted molar refractivity (Wildman–Crippen MR) is 67.4 cm³/mol. The summed E-state index contributed by atoms with van der Waals surface area (Å²) in [7, 11) is 0. The molecule has 1 aliphatic rings. The fraction of sp³-hybridized carbons (Fsp3) is 0.615. The summed E-state index contributed by atoms with van der Waals surface area (Å²) in [6, 6.07) is 4.06. The molecule has 1 aliphatic heterocycles. The van der Waals surface area contributed by atoms with Crippen LogP contribution in [0.2, 0.25) is 0 Å².